The average molecular weight is 333 g/mol. The Labute approximate surface area is 146 Å². The van der Waals surface area contributed by atoms with Gasteiger partial charge in [0, 0.05) is 37.1 Å². The van der Waals surface area contributed by atoms with Gasteiger partial charge in [-0.15, -0.1) is 0 Å². The molecule has 3 heterocycles. The zero-order valence-corrected chi connectivity index (χ0v) is 14.3. The smallest absolute Gasteiger partial charge is 0.256 e. The first-order valence-electron chi connectivity index (χ1n) is 8.44. The summed E-state index contributed by atoms with van der Waals surface area (Å²) in [5, 5.41) is 0. The van der Waals surface area contributed by atoms with Gasteiger partial charge < -0.3 is 4.90 Å². The molecule has 1 aliphatic heterocycles. The standard InChI is InChI=1S/C19H19N5O/c1-12(2)8-17-22-9-13-10-24(11-16(13)23-17)19(25)14-4-3-5-15-18(14)21-7-6-20-15/h3-7,9,12H,8,10-11H2,1-2H3. The van der Waals surface area contributed by atoms with E-state index in [2.05, 4.69) is 33.8 Å². The van der Waals surface area contributed by atoms with Crippen LogP contribution in [0.15, 0.2) is 36.8 Å². The number of hydrogen-bond acceptors (Lipinski definition) is 5. The zero-order chi connectivity index (χ0) is 17.4. The Morgan fingerprint density at radius 1 is 1.16 bits per heavy atom. The second kappa shape index (κ2) is 6.20. The maximum absolute atomic E-state index is 13.0. The van der Waals surface area contributed by atoms with Gasteiger partial charge in [0.05, 0.1) is 23.3 Å². The van der Waals surface area contributed by atoms with E-state index in [1.54, 1.807) is 23.4 Å². The van der Waals surface area contributed by atoms with Crippen LogP contribution >= 0.6 is 0 Å². The number of hydrogen-bond donors (Lipinski definition) is 0. The van der Waals surface area contributed by atoms with Gasteiger partial charge in [-0.3, -0.25) is 14.8 Å². The third-order valence-electron chi connectivity index (χ3n) is 4.31. The van der Waals surface area contributed by atoms with E-state index in [-0.39, 0.29) is 5.91 Å². The molecule has 25 heavy (non-hydrogen) atoms. The highest BCUT2D eigenvalue weighted by Crippen LogP contribution is 2.24. The van der Waals surface area contributed by atoms with E-state index >= 15 is 0 Å². The molecule has 1 aliphatic rings. The lowest BCUT2D eigenvalue weighted by molar-refractivity contribution is 0.0752. The Bertz CT molecular complexity index is 948. The molecule has 0 fully saturated rings. The molecule has 1 amide bonds. The van der Waals surface area contributed by atoms with Crippen molar-refractivity contribution in [3.05, 3.63) is 59.4 Å². The largest absolute Gasteiger partial charge is 0.328 e. The molecule has 0 saturated carbocycles. The molecular formula is C19H19N5O. The molecule has 0 N–H and O–H groups in total. The SMILES string of the molecule is CC(C)Cc1ncc2c(n1)CN(C(=O)c1cccc3nccnc13)C2. The number of rotatable bonds is 3. The number of carbonyl (C=O) groups excluding carboxylic acids is 1. The van der Waals surface area contributed by atoms with Crippen molar-refractivity contribution in [3.63, 3.8) is 0 Å². The highest BCUT2D eigenvalue weighted by molar-refractivity contribution is 6.04. The topological polar surface area (TPSA) is 71.9 Å². The van der Waals surface area contributed by atoms with Crippen LogP contribution in [0.5, 0.6) is 0 Å². The first-order chi connectivity index (χ1) is 12.1. The van der Waals surface area contributed by atoms with Crippen LogP contribution in [0, 0.1) is 5.92 Å². The maximum atomic E-state index is 13.0. The average Bonchev–Trinajstić information content (AvgIpc) is 3.03. The molecule has 0 aliphatic carbocycles. The van der Waals surface area contributed by atoms with Crippen molar-refractivity contribution in [3.8, 4) is 0 Å². The molecule has 6 heteroatoms. The summed E-state index contributed by atoms with van der Waals surface area (Å²) < 4.78 is 0. The van der Waals surface area contributed by atoms with Gasteiger partial charge in [0.1, 0.15) is 11.3 Å². The maximum Gasteiger partial charge on any atom is 0.256 e. The molecular weight excluding hydrogens is 314 g/mol. The summed E-state index contributed by atoms with van der Waals surface area (Å²) in [6.07, 6.45) is 5.95. The summed E-state index contributed by atoms with van der Waals surface area (Å²) in [6, 6.07) is 5.51. The van der Waals surface area contributed by atoms with Crippen molar-refractivity contribution in [2.45, 2.75) is 33.4 Å². The molecule has 6 nitrogen and oxygen atoms in total. The Balaban J connectivity index is 1.61. The summed E-state index contributed by atoms with van der Waals surface area (Å²) in [5.74, 6) is 1.31. The van der Waals surface area contributed by atoms with Crippen molar-refractivity contribution < 1.29 is 4.79 Å². The fourth-order valence-electron chi connectivity index (χ4n) is 3.14. The first-order valence-corrected chi connectivity index (χ1v) is 8.44. The van der Waals surface area contributed by atoms with Crippen LogP contribution in [0.3, 0.4) is 0 Å². The van der Waals surface area contributed by atoms with Crippen LogP contribution in [-0.4, -0.2) is 30.7 Å². The van der Waals surface area contributed by atoms with Crippen LogP contribution in [0.25, 0.3) is 11.0 Å². The third-order valence-corrected chi connectivity index (χ3v) is 4.31. The molecule has 4 rings (SSSR count). The molecule has 3 aromatic rings. The van der Waals surface area contributed by atoms with Gasteiger partial charge in [-0.1, -0.05) is 19.9 Å². The van der Waals surface area contributed by atoms with Crippen molar-refractivity contribution in [2.24, 2.45) is 5.92 Å². The van der Waals surface area contributed by atoms with Crippen LogP contribution in [0.1, 0.15) is 41.3 Å². The van der Waals surface area contributed by atoms with E-state index in [0.29, 0.717) is 30.1 Å². The normalized spacial score (nSPS) is 13.5. The van der Waals surface area contributed by atoms with Crippen molar-refractivity contribution >= 4 is 16.9 Å². The molecule has 0 spiro atoms. The predicted octanol–water partition coefficient (Wildman–Crippen LogP) is 2.77. The summed E-state index contributed by atoms with van der Waals surface area (Å²) >= 11 is 0. The molecule has 2 aromatic heterocycles. The van der Waals surface area contributed by atoms with Crippen LogP contribution in [-0.2, 0) is 19.5 Å². The molecule has 0 bridgehead atoms. The minimum atomic E-state index is -0.0468. The van der Waals surface area contributed by atoms with Crippen molar-refractivity contribution in [2.75, 3.05) is 0 Å². The van der Waals surface area contributed by atoms with Gasteiger partial charge >= 0.3 is 0 Å². The summed E-state index contributed by atoms with van der Waals surface area (Å²) in [4.78, 5) is 32.5. The van der Waals surface area contributed by atoms with Gasteiger partial charge in [0.2, 0.25) is 0 Å². The van der Waals surface area contributed by atoms with Gasteiger partial charge in [-0.05, 0) is 18.1 Å². The second-order valence-electron chi connectivity index (χ2n) is 6.75. The van der Waals surface area contributed by atoms with E-state index in [1.807, 2.05) is 18.3 Å². The monoisotopic (exact) mass is 333 g/mol. The lowest BCUT2D eigenvalue weighted by Gasteiger charge is -2.15. The van der Waals surface area contributed by atoms with Gasteiger partial charge in [0.25, 0.3) is 5.91 Å². The van der Waals surface area contributed by atoms with Gasteiger partial charge in [0.15, 0.2) is 0 Å². The fourth-order valence-corrected chi connectivity index (χ4v) is 3.14. The Hall–Kier alpha value is -2.89. The third kappa shape index (κ3) is 2.95. The number of nitrogens with zero attached hydrogens (tertiary/aromatic N) is 5. The second-order valence-corrected chi connectivity index (χ2v) is 6.75. The lowest BCUT2D eigenvalue weighted by Crippen LogP contribution is -2.25. The van der Waals surface area contributed by atoms with Gasteiger partial charge in [-0.25, -0.2) is 9.97 Å². The highest BCUT2D eigenvalue weighted by atomic mass is 16.2. The number of amides is 1. The Morgan fingerprint density at radius 2 is 2.00 bits per heavy atom. The first kappa shape index (κ1) is 15.6. The van der Waals surface area contributed by atoms with Crippen LogP contribution in [0.2, 0.25) is 0 Å². The lowest BCUT2D eigenvalue weighted by atomic mass is 10.1. The van der Waals surface area contributed by atoms with E-state index in [0.717, 1.165) is 29.0 Å². The Morgan fingerprint density at radius 3 is 2.84 bits per heavy atom. The highest BCUT2D eigenvalue weighted by Gasteiger charge is 2.27. The fraction of sp³-hybridized carbons (Fsp3) is 0.316. The quantitative estimate of drug-likeness (QED) is 0.737. The summed E-state index contributed by atoms with van der Waals surface area (Å²) in [5.41, 5.74) is 3.91. The van der Waals surface area contributed by atoms with Crippen molar-refractivity contribution in [1.29, 1.82) is 0 Å². The number of fused-ring (bicyclic) bond motifs is 2. The van der Waals surface area contributed by atoms with Crippen molar-refractivity contribution in [1.82, 2.24) is 24.8 Å². The summed E-state index contributed by atoms with van der Waals surface area (Å²) in [7, 11) is 0. The molecule has 0 atom stereocenters. The zero-order valence-electron chi connectivity index (χ0n) is 14.3. The van der Waals surface area contributed by atoms with E-state index in [9.17, 15) is 4.79 Å². The molecule has 0 radical (unpaired) electrons. The minimum Gasteiger partial charge on any atom is -0.328 e. The predicted molar refractivity (Wildman–Crippen MR) is 93.7 cm³/mol. The van der Waals surface area contributed by atoms with Gasteiger partial charge in [-0.2, -0.15) is 0 Å². The number of benzene rings is 1. The molecule has 0 unspecified atom stereocenters. The van der Waals surface area contributed by atoms with E-state index < -0.39 is 0 Å². The van der Waals surface area contributed by atoms with E-state index in [1.165, 1.54) is 0 Å². The van der Waals surface area contributed by atoms with Crippen LogP contribution < -0.4 is 0 Å². The van der Waals surface area contributed by atoms with E-state index in [4.69, 9.17) is 0 Å². The molecule has 0 saturated heterocycles. The number of aromatic nitrogens is 4. The summed E-state index contributed by atoms with van der Waals surface area (Å²) in [6.45, 7) is 5.34. The molecule has 1 aromatic carbocycles. The minimum absolute atomic E-state index is 0.0468. The van der Waals surface area contributed by atoms with Crippen LogP contribution in [0.4, 0.5) is 0 Å². The molecule has 126 valence electrons. The number of carbonyl (C=O) groups is 1. The number of para-hydroxylation sites is 1. The Kier molecular flexibility index (Phi) is 3.87.